The SMILES string of the molecule is CC(C)(N)c1ccc2cc(OC3CCC(C(C)(C)C)CC3)ccc2n1. The number of ether oxygens (including phenoxy) is 1. The van der Waals surface area contributed by atoms with E-state index in [0.29, 0.717) is 11.5 Å². The summed E-state index contributed by atoms with van der Waals surface area (Å²) in [5, 5.41) is 1.11. The number of aromatic nitrogens is 1. The number of pyridine rings is 1. The highest BCUT2D eigenvalue weighted by Gasteiger charge is 2.30. The van der Waals surface area contributed by atoms with Crippen LogP contribution < -0.4 is 10.5 Å². The maximum absolute atomic E-state index is 6.27. The second kappa shape index (κ2) is 6.60. The number of nitrogens with two attached hydrogens (primary N) is 1. The van der Waals surface area contributed by atoms with Crippen molar-refractivity contribution in [2.75, 3.05) is 0 Å². The van der Waals surface area contributed by atoms with Crippen molar-refractivity contribution in [3.63, 3.8) is 0 Å². The molecule has 0 unspecified atom stereocenters. The van der Waals surface area contributed by atoms with Gasteiger partial charge < -0.3 is 10.5 Å². The highest BCUT2D eigenvalue weighted by Crippen LogP contribution is 2.39. The molecule has 0 saturated heterocycles. The van der Waals surface area contributed by atoms with Gasteiger partial charge in [-0.2, -0.15) is 0 Å². The van der Waals surface area contributed by atoms with Gasteiger partial charge in [-0.25, -0.2) is 0 Å². The monoisotopic (exact) mass is 340 g/mol. The fraction of sp³-hybridized carbons (Fsp3) is 0.591. The number of hydrogen-bond donors (Lipinski definition) is 1. The van der Waals surface area contributed by atoms with Crippen LogP contribution in [-0.2, 0) is 5.54 Å². The molecule has 25 heavy (non-hydrogen) atoms. The summed E-state index contributed by atoms with van der Waals surface area (Å²) >= 11 is 0. The van der Waals surface area contributed by atoms with Gasteiger partial charge in [-0.1, -0.05) is 26.8 Å². The van der Waals surface area contributed by atoms with Crippen molar-refractivity contribution >= 4 is 10.9 Å². The van der Waals surface area contributed by atoms with Crippen LogP contribution in [0.4, 0.5) is 0 Å². The van der Waals surface area contributed by atoms with Crippen LogP contribution in [0.1, 0.15) is 66.0 Å². The van der Waals surface area contributed by atoms with Gasteiger partial charge in [0.15, 0.2) is 0 Å². The molecule has 2 aromatic rings. The molecule has 1 aliphatic carbocycles. The predicted molar refractivity (Wildman–Crippen MR) is 105 cm³/mol. The molecule has 1 heterocycles. The summed E-state index contributed by atoms with van der Waals surface area (Å²) in [6.45, 7) is 11.0. The lowest BCUT2D eigenvalue weighted by Crippen LogP contribution is -2.30. The third-order valence-corrected chi connectivity index (χ3v) is 5.52. The molecule has 3 heteroatoms. The lowest BCUT2D eigenvalue weighted by molar-refractivity contribution is 0.0883. The van der Waals surface area contributed by atoms with E-state index < -0.39 is 5.54 Å². The Labute approximate surface area is 152 Å². The van der Waals surface area contributed by atoms with E-state index in [2.05, 4.69) is 32.9 Å². The molecule has 1 aliphatic rings. The Morgan fingerprint density at radius 1 is 0.960 bits per heavy atom. The van der Waals surface area contributed by atoms with Gasteiger partial charge in [-0.3, -0.25) is 4.98 Å². The van der Waals surface area contributed by atoms with Crippen LogP contribution in [0.2, 0.25) is 0 Å². The summed E-state index contributed by atoms with van der Waals surface area (Å²) in [6, 6.07) is 10.3. The molecule has 3 nitrogen and oxygen atoms in total. The molecule has 0 bridgehead atoms. The Balaban J connectivity index is 1.69. The second-order valence-electron chi connectivity index (χ2n) is 9.23. The number of benzene rings is 1. The van der Waals surface area contributed by atoms with Crippen molar-refractivity contribution in [2.24, 2.45) is 17.1 Å². The predicted octanol–water partition coefficient (Wildman–Crippen LogP) is 5.41. The molecular formula is C22H32N2O. The fourth-order valence-electron chi connectivity index (χ4n) is 3.77. The Kier molecular flexibility index (Phi) is 4.80. The summed E-state index contributed by atoms with van der Waals surface area (Å²) in [6.07, 6.45) is 5.17. The van der Waals surface area contributed by atoms with Gasteiger partial charge in [-0.05, 0) is 75.1 Å². The number of hydrogen-bond acceptors (Lipinski definition) is 3. The summed E-state index contributed by atoms with van der Waals surface area (Å²) in [7, 11) is 0. The molecule has 0 radical (unpaired) electrons. The summed E-state index contributed by atoms with van der Waals surface area (Å²) in [5.41, 5.74) is 8.03. The number of nitrogens with zero attached hydrogens (tertiary/aromatic N) is 1. The summed E-state index contributed by atoms with van der Waals surface area (Å²) < 4.78 is 6.27. The van der Waals surface area contributed by atoms with Crippen molar-refractivity contribution < 1.29 is 4.74 Å². The van der Waals surface area contributed by atoms with Crippen molar-refractivity contribution in [1.82, 2.24) is 4.98 Å². The highest BCUT2D eigenvalue weighted by molar-refractivity contribution is 5.80. The maximum Gasteiger partial charge on any atom is 0.120 e. The molecule has 1 aromatic carbocycles. The molecule has 0 atom stereocenters. The zero-order valence-corrected chi connectivity index (χ0v) is 16.3. The van der Waals surface area contributed by atoms with Gasteiger partial charge in [0.2, 0.25) is 0 Å². The summed E-state index contributed by atoms with van der Waals surface area (Å²) in [5.74, 6) is 1.76. The molecule has 136 valence electrons. The molecule has 2 N–H and O–H groups in total. The normalized spacial score (nSPS) is 22.2. The van der Waals surface area contributed by atoms with E-state index in [0.717, 1.165) is 41.1 Å². The minimum absolute atomic E-state index is 0.339. The summed E-state index contributed by atoms with van der Waals surface area (Å²) in [4.78, 5) is 4.69. The van der Waals surface area contributed by atoms with E-state index in [1.165, 1.54) is 12.8 Å². The Morgan fingerprint density at radius 3 is 2.24 bits per heavy atom. The Bertz CT molecular complexity index is 732. The minimum atomic E-state index is -0.422. The molecule has 3 rings (SSSR count). The lowest BCUT2D eigenvalue weighted by Gasteiger charge is -2.36. The average molecular weight is 341 g/mol. The third-order valence-electron chi connectivity index (χ3n) is 5.52. The molecule has 1 saturated carbocycles. The molecule has 0 amide bonds. The van der Waals surface area contributed by atoms with Crippen LogP contribution in [0.5, 0.6) is 5.75 Å². The zero-order valence-electron chi connectivity index (χ0n) is 16.3. The average Bonchev–Trinajstić information content (AvgIpc) is 2.53. The first-order valence-corrected chi connectivity index (χ1v) is 9.50. The van der Waals surface area contributed by atoms with Crippen LogP contribution >= 0.6 is 0 Å². The van der Waals surface area contributed by atoms with E-state index in [1.807, 2.05) is 32.0 Å². The third kappa shape index (κ3) is 4.33. The molecule has 0 aliphatic heterocycles. The first-order chi connectivity index (χ1) is 11.6. The largest absolute Gasteiger partial charge is 0.490 e. The Morgan fingerprint density at radius 2 is 1.64 bits per heavy atom. The standard InChI is InChI=1S/C22H32N2O/c1-21(2,3)16-7-9-17(10-8-16)25-18-11-12-19-15(14-18)6-13-20(24-19)22(4,5)23/h6,11-14,16-17H,7-10,23H2,1-5H3. The minimum Gasteiger partial charge on any atom is -0.490 e. The van der Waals surface area contributed by atoms with Gasteiger partial charge in [0.05, 0.1) is 22.9 Å². The number of rotatable bonds is 3. The first kappa shape index (κ1) is 18.2. The topological polar surface area (TPSA) is 48.1 Å². The maximum atomic E-state index is 6.27. The van der Waals surface area contributed by atoms with E-state index in [-0.39, 0.29) is 0 Å². The van der Waals surface area contributed by atoms with Crippen molar-refractivity contribution in [2.45, 2.75) is 71.9 Å². The van der Waals surface area contributed by atoms with Crippen molar-refractivity contribution in [3.8, 4) is 5.75 Å². The second-order valence-corrected chi connectivity index (χ2v) is 9.23. The van der Waals surface area contributed by atoms with E-state index >= 15 is 0 Å². The lowest BCUT2D eigenvalue weighted by atomic mass is 9.72. The first-order valence-electron chi connectivity index (χ1n) is 9.50. The number of fused-ring (bicyclic) bond motifs is 1. The van der Waals surface area contributed by atoms with Gasteiger partial charge in [0, 0.05) is 5.39 Å². The van der Waals surface area contributed by atoms with Crippen LogP contribution in [0.3, 0.4) is 0 Å². The van der Waals surface area contributed by atoms with Crippen LogP contribution in [-0.4, -0.2) is 11.1 Å². The zero-order chi connectivity index (χ0) is 18.2. The van der Waals surface area contributed by atoms with Crippen LogP contribution in [0.15, 0.2) is 30.3 Å². The molecular weight excluding hydrogens is 308 g/mol. The quantitative estimate of drug-likeness (QED) is 0.812. The van der Waals surface area contributed by atoms with Crippen LogP contribution in [0.25, 0.3) is 10.9 Å². The molecule has 1 aromatic heterocycles. The highest BCUT2D eigenvalue weighted by atomic mass is 16.5. The molecule has 1 fully saturated rings. The van der Waals surface area contributed by atoms with E-state index in [1.54, 1.807) is 0 Å². The van der Waals surface area contributed by atoms with Gasteiger partial charge >= 0.3 is 0 Å². The molecule has 0 spiro atoms. The van der Waals surface area contributed by atoms with Gasteiger partial charge in [-0.15, -0.1) is 0 Å². The van der Waals surface area contributed by atoms with Gasteiger partial charge in [0.25, 0.3) is 0 Å². The van der Waals surface area contributed by atoms with Crippen LogP contribution in [0, 0.1) is 11.3 Å². The van der Waals surface area contributed by atoms with E-state index in [4.69, 9.17) is 15.5 Å². The smallest absolute Gasteiger partial charge is 0.120 e. The van der Waals surface area contributed by atoms with Crippen molar-refractivity contribution in [3.05, 3.63) is 36.0 Å². The Hall–Kier alpha value is -1.61. The van der Waals surface area contributed by atoms with Gasteiger partial charge in [0.1, 0.15) is 5.75 Å². The fourth-order valence-corrected chi connectivity index (χ4v) is 3.77. The van der Waals surface area contributed by atoms with E-state index in [9.17, 15) is 0 Å². The van der Waals surface area contributed by atoms with Crippen molar-refractivity contribution in [1.29, 1.82) is 0 Å².